The highest BCUT2D eigenvalue weighted by atomic mass is 32.3. The average Bonchev–Trinajstić information content (AvgIpc) is 2.25. The molecule has 0 bridgehead atoms. The van der Waals surface area contributed by atoms with Gasteiger partial charge in [-0.05, 0) is 11.5 Å². The van der Waals surface area contributed by atoms with E-state index in [9.17, 15) is 16.8 Å². The van der Waals surface area contributed by atoms with Crippen LogP contribution in [0.5, 0.6) is 0 Å². The Kier molecular flexibility index (Phi) is 3.11. The molecule has 96 valence electrons. The Morgan fingerprint density at radius 1 is 0.889 bits per heavy atom. The van der Waals surface area contributed by atoms with Crippen molar-refractivity contribution in [1.82, 2.24) is 0 Å². The van der Waals surface area contributed by atoms with Crippen LogP contribution in [0.4, 0.5) is 0 Å². The zero-order valence-corrected chi connectivity index (χ0v) is 10.5. The molecule has 0 aliphatic heterocycles. The van der Waals surface area contributed by atoms with Gasteiger partial charge in [-0.25, -0.2) is 0 Å². The van der Waals surface area contributed by atoms with E-state index in [4.69, 9.17) is 4.55 Å². The van der Waals surface area contributed by atoms with E-state index < -0.39 is 20.5 Å². The van der Waals surface area contributed by atoms with Crippen molar-refractivity contribution in [2.45, 2.75) is 4.90 Å². The third kappa shape index (κ3) is 2.67. The van der Waals surface area contributed by atoms with E-state index in [0.29, 0.717) is 10.8 Å². The van der Waals surface area contributed by atoms with E-state index in [0.717, 1.165) is 0 Å². The average molecular weight is 288 g/mol. The van der Waals surface area contributed by atoms with E-state index in [1.165, 1.54) is 18.2 Å². The van der Waals surface area contributed by atoms with Gasteiger partial charge in [0.25, 0.3) is 0 Å². The maximum atomic E-state index is 11.7. The maximum absolute atomic E-state index is 11.7. The van der Waals surface area contributed by atoms with Gasteiger partial charge < -0.3 is 0 Å². The largest absolute Gasteiger partial charge is 0.412 e. The monoisotopic (exact) mass is 288 g/mol. The molecule has 6 nitrogen and oxygen atoms in total. The summed E-state index contributed by atoms with van der Waals surface area (Å²) in [6.07, 6.45) is 0. The molecular weight excluding hydrogens is 280 g/mol. The fourth-order valence-corrected chi connectivity index (χ4v) is 3.46. The van der Waals surface area contributed by atoms with Crippen LogP contribution in [-0.4, -0.2) is 21.4 Å². The molecule has 2 aromatic carbocycles. The Balaban J connectivity index is 2.69. The molecule has 0 amide bonds. The first-order valence-corrected chi connectivity index (χ1v) is 7.48. The molecule has 18 heavy (non-hydrogen) atoms. The molecule has 8 heteroatoms. The topological polar surface area (TPSA) is 97.7 Å². The number of rotatable bonds is 3. The van der Waals surface area contributed by atoms with Crippen molar-refractivity contribution in [3.8, 4) is 0 Å². The molecule has 0 heterocycles. The van der Waals surface area contributed by atoms with Crippen molar-refractivity contribution in [3.05, 3.63) is 42.5 Å². The third-order valence-electron chi connectivity index (χ3n) is 2.19. The molecule has 0 aliphatic carbocycles. The highest BCUT2D eigenvalue weighted by Gasteiger charge is 2.24. The zero-order valence-electron chi connectivity index (χ0n) is 8.85. The first kappa shape index (κ1) is 13.0. The fourth-order valence-electron chi connectivity index (χ4n) is 1.56. The quantitative estimate of drug-likeness (QED) is 0.856. The predicted octanol–water partition coefficient (Wildman–Crippen LogP) is 1.35. The van der Waals surface area contributed by atoms with Crippen LogP contribution < -0.4 is 0 Å². The zero-order chi connectivity index (χ0) is 13.4. The minimum absolute atomic E-state index is 0.309. The lowest BCUT2D eigenvalue weighted by Gasteiger charge is -2.05. The van der Waals surface area contributed by atoms with Gasteiger partial charge in [0.15, 0.2) is 0 Å². The molecule has 0 saturated heterocycles. The summed E-state index contributed by atoms with van der Waals surface area (Å²) in [5.41, 5.74) is 0. The summed E-state index contributed by atoms with van der Waals surface area (Å²) in [6, 6.07) is 10.8. The molecular formula is C10H8O6S2. The number of hydrogen-bond donors (Lipinski definition) is 1. The van der Waals surface area contributed by atoms with Crippen LogP contribution in [0.1, 0.15) is 0 Å². The summed E-state index contributed by atoms with van der Waals surface area (Å²) >= 11 is 0. The van der Waals surface area contributed by atoms with Crippen LogP contribution in [0, 0.1) is 0 Å². The molecule has 0 saturated carbocycles. The summed E-state index contributed by atoms with van der Waals surface area (Å²) in [4.78, 5) is -0.321. The SMILES string of the molecule is O=S(=O)(O)OS(=O)(=O)c1cccc2ccccc12. The lowest BCUT2D eigenvalue weighted by Crippen LogP contribution is -2.13. The Labute approximate surface area is 104 Å². The molecule has 0 aromatic heterocycles. The normalized spacial score (nSPS) is 12.7. The van der Waals surface area contributed by atoms with E-state index >= 15 is 0 Å². The number of fused-ring (bicyclic) bond motifs is 1. The fraction of sp³-hybridized carbons (Fsp3) is 0. The smallest absolute Gasteiger partial charge is 0.263 e. The summed E-state index contributed by atoms with van der Waals surface area (Å²) in [5, 5.41) is 0.918. The van der Waals surface area contributed by atoms with Crippen LogP contribution in [0.15, 0.2) is 47.4 Å². The first-order valence-electron chi connectivity index (χ1n) is 4.71. The van der Waals surface area contributed by atoms with Gasteiger partial charge in [-0.2, -0.15) is 16.8 Å². The molecule has 0 spiro atoms. The summed E-state index contributed by atoms with van der Waals surface area (Å²) in [7, 11) is -9.67. The predicted molar refractivity (Wildman–Crippen MR) is 63.8 cm³/mol. The summed E-state index contributed by atoms with van der Waals surface area (Å²) < 4.78 is 56.6. The maximum Gasteiger partial charge on any atom is 0.412 e. The molecule has 1 N–H and O–H groups in total. The first-order chi connectivity index (χ1) is 8.30. The molecule has 0 atom stereocenters. The lowest BCUT2D eigenvalue weighted by molar-refractivity contribution is 0.384. The van der Waals surface area contributed by atoms with Crippen molar-refractivity contribution in [2.75, 3.05) is 0 Å². The van der Waals surface area contributed by atoms with Crippen LogP contribution >= 0.6 is 0 Å². The number of benzene rings is 2. The van der Waals surface area contributed by atoms with Gasteiger partial charge in [0.05, 0.1) is 0 Å². The number of hydrogen-bond acceptors (Lipinski definition) is 5. The van der Waals surface area contributed by atoms with Crippen molar-refractivity contribution in [3.63, 3.8) is 0 Å². The Morgan fingerprint density at radius 2 is 1.50 bits per heavy atom. The van der Waals surface area contributed by atoms with E-state index in [1.54, 1.807) is 24.3 Å². The second kappa shape index (κ2) is 4.32. The molecule has 0 unspecified atom stereocenters. The van der Waals surface area contributed by atoms with Gasteiger partial charge in [0.1, 0.15) is 4.90 Å². The van der Waals surface area contributed by atoms with Gasteiger partial charge in [0.2, 0.25) is 0 Å². The highest BCUT2D eigenvalue weighted by Crippen LogP contribution is 2.24. The highest BCUT2D eigenvalue weighted by molar-refractivity contribution is 7.97. The van der Waals surface area contributed by atoms with Crippen molar-refractivity contribution >= 4 is 31.3 Å². The standard InChI is InChI=1S/C10H8O6S2/c11-17(12,16-18(13,14)15)10-7-3-5-8-4-1-2-6-9(8)10/h1-7H,(H,13,14,15). The van der Waals surface area contributed by atoms with Crippen LogP contribution in [0.25, 0.3) is 10.8 Å². The Hall–Kier alpha value is -1.48. The van der Waals surface area contributed by atoms with E-state index in [-0.39, 0.29) is 4.90 Å². The van der Waals surface area contributed by atoms with Gasteiger partial charge in [-0.15, -0.1) is 3.63 Å². The Bertz CT molecular complexity index is 787. The second-order valence-corrected chi connectivity index (χ2v) is 6.18. The van der Waals surface area contributed by atoms with Crippen LogP contribution in [0.3, 0.4) is 0 Å². The molecule has 0 aliphatic rings. The lowest BCUT2D eigenvalue weighted by atomic mass is 10.1. The van der Waals surface area contributed by atoms with Crippen molar-refractivity contribution in [1.29, 1.82) is 0 Å². The second-order valence-electron chi connectivity index (χ2n) is 3.43. The van der Waals surface area contributed by atoms with Crippen molar-refractivity contribution < 1.29 is 25.0 Å². The molecule has 2 rings (SSSR count). The van der Waals surface area contributed by atoms with Crippen LogP contribution in [0.2, 0.25) is 0 Å². The Morgan fingerprint density at radius 3 is 2.17 bits per heavy atom. The molecule has 2 aromatic rings. The summed E-state index contributed by atoms with van der Waals surface area (Å²) in [5.74, 6) is 0. The third-order valence-corrected chi connectivity index (χ3v) is 4.49. The van der Waals surface area contributed by atoms with Gasteiger partial charge in [-0.1, -0.05) is 36.4 Å². The van der Waals surface area contributed by atoms with Gasteiger partial charge >= 0.3 is 20.5 Å². The summed E-state index contributed by atoms with van der Waals surface area (Å²) in [6.45, 7) is 0. The minimum Gasteiger partial charge on any atom is -0.263 e. The molecule has 0 radical (unpaired) electrons. The van der Waals surface area contributed by atoms with E-state index in [1.807, 2.05) is 0 Å². The van der Waals surface area contributed by atoms with Gasteiger partial charge in [-0.3, -0.25) is 4.55 Å². The minimum atomic E-state index is -5.09. The van der Waals surface area contributed by atoms with Crippen LogP contribution in [-0.2, 0) is 24.1 Å². The van der Waals surface area contributed by atoms with Crippen molar-refractivity contribution in [2.24, 2.45) is 0 Å². The molecule has 0 fully saturated rings. The van der Waals surface area contributed by atoms with Gasteiger partial charge in [0, 0.05) is 5.39 Å². The van der Waals surface area contributed by atoms with E-state index in [2.05, 4.69) is 3.63 Å².